The summed E-state index contributed by atoms with van der Waals surface area (Å²) < 4.78 is 18.4. The monoisotopic (exact) mass is 407 g/mol. The van der Waals surface area contributed by atoms with Crippen molar-refractivity contribution >= 4 is 42.2 Å². The number of halogens is 1. The number of fused-ring (bicyclic) bond motifs is 6. The standard InChI is InChI=1S/C6H12NO3.CH2I.Sn/c8-4-1-7(2-5-9)3-6-10;1-2;/h1-6H2;1H2;/q-3;;+3. The van der Waals surface area contributed by atoms with E-state index in [2.05, 4.69) is 27.5 Å². The van der Waals surface area contributed by atoms with Crippen LogP contribution >= 0.6 is 22.6 Å². The van der Waals surface area contributed by atoms with Crippen molar-refractivity contribution in [3.8, 4) is 0 Å². The Labute approximate surface area is 97.5 Å². The summed E-state index contributed by atoms with van der Waals surface area (Å²) in [5, 5.41) is 0. The zero-order chi connectivity index (χ0) is 9.15. The first kappa shape index (κ1) is 10.9. The average molecular weight is 406 g/mol. The first-order valence-corrected chi connectivity index (χ1v) is 11.6. The maximum atomic E-state index is 5.81. The first-order valence-electron chi connectivity index (χ1n) is 4.55. The van der Waals surface area contributed by atoms with Gasteiger partial charge in [-0.05, 0) is 0 Å². The molecule has 0 aromatic heterocycles. The molecule has 3 heterocycles. The summed E-state index contributed by atoms with van der Waals surface area (Å²) in [6.07, 6.45) is 0. The molecule has 3 fully saturated rings. The van der Waals surface area contributed by atoms with Gasteiger partial charge in [-0.1, -0.05) is 0 Å². The molecule has 0 aliphatic carbocycles. The molecule has 0 saturated carbocycles. The minimum absolute atomic E-state index is 0.791. The molecule has 76 valence electrons. The predicted octanol–water partition coefficient (Wildman–Crippen LogP) is 0.278. The molecule has 3 rings (SSSR count). The second-order valence-corrected chi connectivity index (χ2v) is 15.5. The Kier molecular flexibility index (Phi) is 4.12. The van der Waals surface area contributed by atoms with Crippen LogP contribution in [-0.4, -0.2) is 66.4 Å². The maximum absolute atomic E-state index is 5.81. The van der Waals surface area contributed by atoms with Gasteiger partial charge in [0.05, 0.1) is 0 Å². The third-order valence-electron chi connectivity index (χ3n) is 2.35. The number of hydrogen-bond donors (Lipinski definition) is 0. The molecule has 0 spiro atoms. The van der Waals surface area contributed by atoms with E-state index in [1.165, 1.54) is 0 Å². The van der Waals surface area contributed by atoms with Gasteiger partial charge >= 0.3 is 98.2 Å². The fourth-order valence-electron chi connectivity index (χ4n) is 1.57. The van der Waals surface area contributed by atoms with E-state index in [9.17, 15) is 0 Å². The molecule has 0 radical (unpaired) electrons. The molecule has 13 heavy (non-hydrogen) atoms. The Bertz CT molecular complexity index is 157. The average Bonchev–Trinajstić information content (AvgIpc) is 2.01. The summed E-state index contributed by atoms with van der Waals surface area (Å²) in [5.41, 5.74) is 0. The Morgan fingerprint density at radius 3 is 1.85 bits per heavy atom. The van der Waals surface area contributed by atoms with Gasteiger partial charge in [0.2, 0.25) is 0 Å². The molecular formula is C7H14INO3Sn. The predicted molar refractivity (Wildman–Crippen MR) is 58.9 cm³/mol. The van der Waals surface area contributed by atoms with Crippen LogP contribution < -0.4 is 0 Å². The van der Waals surface area contributed by atoms with Crippen LogP contribution in [0.5, 0.6) is 0 Å². The summed E-state index contributed by atoms with van der Waals surface area (Å²) in [6, 6.07) is 0. The summed E-state index contributed by atoms with van der Waals surface area (Å²) in [6.45, 7) is 5.50. The van der Waals surface area contributed by atoms with Crippen molar-refractivity contribution in [1.82, 2.24) is 4.90 Å². The van der Waals surface area contributed by atoms with E-state index in [0.717, 1.165) is 41.9 Å². The van der Waals surface area contributed by atoms with Crippen molar-refractivity contribution in [3.05, 3.63) is 0 Å². The van der Waals surface area contributed by atoms with Crippen molar-refractivity contribution in [2.45, 2.75) is 0 Å². The molecule has 0 aromatic rings. The van der Waals surface area contributed by atoms with Crippen molar-refractivity contribution in [1.29, 1.82) is 0 Å². The molecule has 0 amide bonds. The molecule has 3 aliphatic heterocycles. The van der Waals surface area contributed by atoms with Crippen molar-refractivity contribution in [3.63, 3.8) is 0 Å². The van der Waals surface area contributed by atoms with E-state index in [0.29, 0.717) is 0 Å². The van der Waals surface area contributed by atoms with Crippen molar-refractivity contribution in [2.75, 3.05) is 41.9 Å². The molecule has 0 N–H and O–H groups in total. The van der Waals surface area contributed by atoms with Crippen LogP contribution in [-0.2, 0) is 9.22 Å². The van der Waals surface area contributed by atoms with Crippen LogP contribution in [0.4, 0.5) is 0 Å². The van der Waals surface area contributed by atoms with Crippen LogP contribution in [0.3, 0.4) is 0 Å². The number of hydrogen-bond acceptors (Lipinski definition) is 4. The van der Waals surface area contributed by atoms with Gasteiger partial charge in [0.25, 0.3) is 0 Å². The zero-order valence-corrected chi connectivity index (χ0v) is 12.5. The summed E-state index contributed by atoms with van der Waals surface area (Å²) in [7, 11) is 0. The molecule has 3 saturated heterocycles. The van der Waals surface area contributed by atoms with Gasteiger partial charge in [-0.15, -0.1) is 0 Å². The Balaban J connectivity index is 2.07. The first-order chi connectivity index (χ1) is 6.35. The quantitative estimate of drug-likeness (QED) is 0.356. The van der Waals surface area contributed by atoms with Gasteiger partial charge in [-0.2, -0.15) is 0 Å². The van der Waals surface area contributed by atoms with E-state index >= 15 is 0 Å². The molecule has 4 nitrogen and oxygen atoms in total. The Morgan fingerprint density at radius 2 is 1.46 bits per heavy atom. The fraction of sp³-hybridized carbons (Fsp3) is 1.00. The van der Waals surface area contributed by atoms with Crippen LogP contribution in [0, 0.1) is 0 Å². The topological polar surface area (TPSA) is 30.9 Å². The van der Waals surface area contributed by atoms with Gasteiger partial charge < -0.3 is 0 Å². The Morgan fingerprint density at radius 1 is 1.00 bits per heavy atom. The SMILES string of the molecule is I[CH2][Sn]12[O]CCN(CC[O]1)CC[O]2. The number of rotatable bonds is 1. The van der Waals surface area contributed by atoms with E-state index in [1.54, 1.807) is 0 Å². The van der Waals surface area contributed by atoms with Gasteiger partial charge in [0, 0.05) is 0 Å². The van der Waals surface area contributed by atoms with E-state index in [1.807, 2.05) is 0 Å². The van der Waals surface area contributed by atoms with Crippen molar-refractivity contribution in [2.24, 2.45) is 0 Å². The van der Waals surface area contributed by atoms with E-state index in [4.69, 9.17) is 9.22 Å². The molecule has 0 atom stereocenters. The number of alkyl halides is 1. The summed E-state index contributed by atoms with van der Waals surface area (Å²) >= 11 is -0.667. The van der Waals surface area contributed by atoms with E-state index < -0.39 is 19.6 Å². The summed E-state index contributed by atoms with van der Waals surface area (Å²) in [5.74, 6) is 0. The molecule has 6 heteroatoms. The van der Waals surface area contributed by atoms with Crippen LogP contribution in [0.15, 0.2) is 0 Å². The minimum atomic E-state index is -3.00. The summed E-state index contributed by atoms with van der Waals surface area (Å²) in [4.78, 5) is 2.34. The third-order valence-corrected chi connectivity index (χ3v) is 15.1. The molecule has 3 aliphatic rings. The van der Waals surface area contributed by atoms with Gasteiger partial charge in [-0.3, -0.25) is 0 Å². The molecule has 0 unspecified atom stereocenters. The Hall–Kier alpha value is 1.37. The van der Waals surface area contributed by atoms with Crippen LogP contribution in [0.1, 0.15) is 0 Å². The van der Waals surface area contributed by atoms with Crippen molar-refractivity contribution < 1.29 is 9.22 Å². The van der Waals surface area contributed by atoms with E-state index in [-0.39, 0.29) is 0 Å². The van der Waals surface area contributed by atoms with Gasteiger partial charge in [-0.25, -0.2) is 0 Å². The third kappa shape index (κ3) is 2.68. The van der Waals surface area contributed by atoms with Crippen LogP contribution in [0.2, 0.25) is 0 Å². The molecule has 2 bridgehead atoms. The van der Waals surface area contributed by atoms with Gasteiger partial charge in [0.15, 0.2) is 0 Å². The fourth-order valence-corrected chi connectivity index (χ4v) is 10.8. The van der Waals surface area contributed by atoms with Gasteiger partial charge in [0.1, 0.15) is 0 Å². The molecular weight excluding hydrogens is 392 g/mol. The second-order valence-electron chi connectivity index (χ2n) is 3.20. The zero-order valence-electron chi connectivity index (χ0n) is 7.50. The molecule has 0 aromatic carbocycles. The van der Waals surface area contributed by atoms with Crippen LogP contribution in [0.25, 0.3) is 0 Å². The number of nitrogens with zero attached hydrogens (tertiary/aromatic N) is 1. The second kappa shape index (κ2) is 4.93. The normalized spacial score (nSPS) is 40.8.